The fourth-order valence-corrected chi connectivity index (χ4v) is 1.82. The van der Waals surface area contributed by atoms with Crippen LogP contribution in [-0.4, -0.2) is 32.5 Å². The maximum atomic E-state index is 11.2. The van der Waals surface area contributed by atoms with Crippen LogP contribution in [0.5, 0.6) is 0 Å². The van der Waals surface area contributed by atoms with Gasteiger partial charge in [-0.25, -0.2) is 8.42 Å². The lowest BCUT2D eigenvalue weighted by Gasteiger charge is -2.10. The van der Waals surface area contributed by atoms with E-state index in [1.54, 1.807) is 6.92 Å². The van der Waals surface area contributed by atoms with Crippen molar-refractivity contribution in [1.29, 1.82) is 0 Å². The van der Waals surface area contributed by atoms with Crippen molar-refractivity contribution >= 4 is 16.1 Å². The molecule has 0 aromatic rings. The lowest BCUT2D eigenvalue weighted by Crippen LogP contribution is -2.24. The van der Waals surface area contributed by atoms with Gasteiger partial charge >= 0.3 is 0 Å². The maximum Gasteiger partial charge on any atom is 0.177 e. The monoisotopic (exact) mass is 194 g/mol. The molecule has 12 heavy (non-hydrogen) atoms. The van der Waals surface area contributed by atoms with Gasteiger partial charge in [-0.3, -0.25) is 0 Å². The molecule has 0 fully saturated rings. The van der Waals surface area contributed by atoms with Crippen LogP contribution in [0.1, 0.15) is 20.3 Å². The van der Waals surface area contributed by atoms with Crippen LogP contribution in [-0.2, 0) is 19.4 Å². The van der Waals surface area contributed by atoms with Crippen molar-refractivity contribution in [1.82, 2.24) is 0 Å². The minimum absolute atomic E-state index is 0.0414. The summed E-state index contributed by atoms with van der Waals surface area (Å²) in [6, 6.07) is 0. The first-order chi connectivity index (χ1) is 5.54. The number of ether oxygens (including phenoxy) is 1. The van der Waals surface area contributed by atoms with Crippen molar-refractivity contribution in [2.45, 2.75) is 25.7 Å². The van der Waals surface area contributed by atoms with Crippen LogP contribution in [0.4, 0.5) is 0 Å². The quantitative estimate of drug-likeness (QED) is 0.573. The second-order valence-electron chi connectivity index (χ2n) is 2.35. The molecule has 0 aliphatic heterocycles. The molecule has 0 aliphatic carbocycles. The van der Waals surface area contributed by atoms with Crippen LogP contribution in [0.15, 0.2) is 0 Å². The van der Waals surface area contributed by atoms with Gasteiger partial charge in [-0.1, -0.05) is 0 Å². The Morgan fingerprint density at radius 2 is 2.08 bits per heavy atom. The topological polar surface area (TPSA) is 60.4 Å². The summed E-state index contributed by atoms with van der Waals surface area (Å²) in [6.07, 6.45) is 0.635. The van der Waals surface area contributed by atoms with Crippen molar-refractivity contribution in [2.75, 3.05) is 12.4 Å². The van der Waals surface area contributed by atoms with E-state index in [0.717, 1.165) is 0 Å². The summed E-state index contributed by atoms with van der Waals surface area (Å²) in [5.41, 5.74) is -0.803. The predicted molar refractivity (Wildman–Crippen MR) is 45.6 cm³/mol. The van der Waals surface area contributed by atoms with Gasteiger partial charge in [0.15, 0.2) is 15.3 Å². The second kappa shape index (κ2) is 5.27. The van der Waals surface area contributed by atoms with Crippen molar-refractivity contribution in [3.8, 4) is 0 Å². The van der Waals surface area contributed by atoms with E-state index in [1.165, 1.54) is 6.92 Å². The summed E-state index contributed by atoms with van der Waals surface area (Å²) in [7, 11) is -3.24. The van der Waals surface area contributed by atoms with E-state index in [9.17, 15) is 13.2 Å². The van der Waals surface area contributed by atoms with Crippen LogP contribution < -0.4 is 0 Å². The van der Waals surface area contributed by atoms with Gasteiger partial charge < -0.3 is 9.53 Å². The SMILES string of the molecule is CCOC(C)S(=O)(=O)CCC=O. The molecule has 0 bridgehead atoms. The molecule has 0 heterocycles. The largest absolute Gasteiger partial charge is 0.363 e. The lowest BCUT2D eigenvalue weighted by molar-refractivity contribution is -0.107. The molecule has 0 spiro atoms. The number of carbonyl (C=O) groups is 1. The van der Waals surface area contributed by atoms with Gasteiger partial charge in [0.1, 0.15) is 6.29 Å². The first-order valence-electron chi connectivity index (χ1n) is 3.81. The number of aldehydes is 1. The molecule has 0 aromatic heterocycles. The van der Waals surface area contributed by atoms with Gasteiger partial charge in [-0.2, -0.15) is 0 Å². The fraction of sp³-hybridized carbons (Fsp3) is 0.857. The van der Waals surface area contributed by atoms with Gasteiger partial charge in [0.05, 0.1) is 5.75 Å². The Morgan fingerprint density at radius 3 is 2.50 bits per heavy atom. The van der Waals surface area contributed by atoms with Gasteiger partial charge in [0, 0.05) is 13.0 Å². The molecule has 1 atom stereocenters. The summed E-state index contributed by atoms with van der Waals surface area (Å²) < 4.78 is 27.3. The molecule has 0 radical (unpaired) electrons. The minimum Gasteiger partial charge on any atom is -0.363 e. The average molecular weight is 194 g/mol. The summed E-state index contributed by atoms with van der Waals surface area (Å²) in [5.74, 6) is -0.127. The van der Waals surface area contributed by atoms with E-state index in [0.29, 0.717) is 12.9 Å². The van der Waals surface area contributed by atoms with E-state index in [-0.39, 0.29) is 12.2 Å². The highest BCUT2D eigenvalue weighted by Crippen LogP contribution is 2.04. The first kappa shape index (κ1) is 11.6. The molecule has 5 heteroatoms. The number of carbonyl (C=O) groups excluding carboxylic acids is 1. The van der Waals surface area contributed by atoms with Gasteiger partial charge in [0.2, 0.25) is 0 Å². The van der Waals surface area contributed by atoms with Gasteiger partial charge in [-0.15, -0.1) is 0 Å². The number of rotatable bonds is 6. The molecule has 4 nitrogen and oxygen atoms in total. The van der Waals surface area contributed by atoms with E-state index in [2.05, 4.69) is 0 Å². The Hall–Kier alpha value is -0.420. The van der Waals surface area contributed by atoms with Crippen LogP contribution in [0.25, 0.3) is 0 Å². The summed E-state index contributed by atoms with van der Waals surface area (Å²) >= 11 is 0. The van der Waals surface area contributed by atoms with Crippen LogP contribution in [0.2, 0.25) is 0 Å². The molecular weight excluding hydrogens is 180 g/mol. The lowest BCUT2D eigenvalue weighted by atomic mass is 10.6. The summed E-state index contributed by atoms with van der Waals surface area (Å²) in [5, 5.41) is 0. The van der Waals surface area contributed by atoms with Crippen LogP contribution in [0, 0.1) is 0 Å². The Kier molecular flexibility index (Phi) is 5.08. The van der Waals surface area contributed by atoms with Crippen LogP contribution in [0.3, 0.4) is 0 Å². The van der Waals surface area contributed by atoms with E-state index >= 15 is 0 Å². The minimum atomic E-state index is -3.24. The number of hydrogen-bond donors (Lipinski definition) is 0. The van der Waals surface area contributed by atoms with Gasteiger partial charge in [0.25, 0.3) is 0 Å². The van der Waals surface area contributed by atoms with E-state index in [1.807, 2.05) is 0 Å². The smallest absolute Gasteiger partial charge is 0.177 e. The summed E-state index contributed by atoms with van der Waals surface area (Å²) in [6.45, 7) is 3.57. The second-order valence-corrected chi connectivity index (χ2v) is 4.74. The maximum absolute atomic E-state index is 11.2. The van der Waals surface area contributed by atoms with Crippen molar-refractivity contribution in [2.24, 2.45) is 0 Å². The molecule has 0 rings (SSSR count). The molecule has 0 saturated heterocycles. The standard InChI is InChI=1S/C7H14O4S/c1-3-11-7(2)12(9,10)6-4-5-8/h5,7H,3-4,6H2,1-2H3. The third-order valence-corrected chi connectivity index (χ3v) is 3.38. The van der Waals surface area contributed by atoms with Crippen molar-refractivity contribution < 1.29 is 17.9 Å². The molecular formula is C7H14O4S. The summed E-state index contributed by atoms with van der Waals surface area (Å²) in [4.78, 5) is 9.93. The molecule has 72 valence electrons. The molecule has 1 unspecified atom stereocenters. The Morgan fingerprint density at radius 1 is 1.50 bits per heavy atom. The highest BCUT2D eigenvalue weighted by Gasteiger charge is 2.19. The number of sulfone groups is 1. The van der Waals surface area contributed by atoms with Gasteiger partial charge in [-0.05, 0) is 13.8 Å². The van der Waals surface area contributed by atoms with Crippen LogP contribution >= 0.6 is 0 Å². The zero-order chi connectivity index (χ0) is 9.61. The van der Waals surface area contributed by atoms with Crippen molar-refractivity contribution in [3.63, 3.8) is 0 Å². The third-order valence-electron chi connectivity index (χ3n) is 1.43. The molecule has 0 N–H and O–H groups in total. The van der Waals surface area contributed by atoms with E-state index < -0.39 is 15.3 Å². The highest BCUT2D eigenvalue weighted by atomic mass is 32.2. The van der Waals surface area contributed by atoms with E-state index in [4.69, 9.17) is 4.74 Å². The van der Waals surface area contributed by atoms with Crippen molar-refractivity contribution in [3.05, 3.63) is 0 Å². The Bertz CT molecular complexity index is 220. The molecule has 0 aromatic carbocycles. The Balaban J connectivity index is 4.09. The highest BCUT2D eigenvalue weighted by molar-refractivity contribution is 7.91. The molecule has 0 aliphatic rings. The Labute approximate surface area is 72.8 Å². The zero-order valence-electron chi connectivity index (χ0n) is 7.32. The molecule has 0 saturated carbocycles. The third kappa shape index (κ3) is 3.82. The predicted octanol–water partition coefficient (Wildman–Crippen LogP) is 0.373. The number of hydrogen-bond acceptors (Lipinski definition) is 4. The average Bonchev–Trinajstić information content (AvgIpc) is 2.01. The normalized spacial score (nSPS) is 14.2. The fourth-order valence-electron chi connectivity index (χ4n) is 0.717. The molecule has 0 amide bonds. The zero-order valence-corrected chi connectivity index (χ0v) is 8.13. The first-order valence-corrected chi connectivity index (χ1v) is 5.53.